The molecule has 1 fully saturated rings. The molecular weight excluding hydrogens is 136 g/mol. The summed E-state index contributed by atoms with van der Waals surface area (Å²) in [6.07, 6.45) is 5.33. The Labute approximate surface area is 68.1 Å². The van der Waals surface area contributed by atoms with Gasteiger partial charge in [0.15, 0.2) is 0 Å². The van der Waals surface area contributed by atoms with Crippen LogP contribution in [0, 0.1) is 17.3 Å². The molecule has 1 saturated carbocycles. The van der Waals surface area contributed by atoms with Gasteiger partial charge in [0.2, 0.25) is 0 Å². The number of rotatable bonds is 0. The summed E-state index contributed by atoms with van der Waals surface area (Å²) in [5.41, 5.74) is -0.212. The molecule has 0 aromatic rings. The average Bonchev–Trinajstić information content (AvgIpc) is 1.84. The van der Waals surface area contributed by atoms with Gasteiger partial charge in [-0.3, -0.25) is 0 Å². The maximum atomic E-state index is 9.93. The van der Waals surface area contributed by atoms with Gasteiger partial charge in [-0.1, -0.05) is 26.0 Å². The number of fused-ring (bicyclic) bond motifs is 1. The van der Waals surface area contributed by atoms with E-state index in [1.807, 2.05) is 13.0 Å². The van der Waals surface area contributed by atoms with E-state index in [4.69, 9.17) is 0 Å². The maximum Gasteiger partial charge on any atom is 0.0833 e. The van der Waals surface area contributed by atoms with Crippen LogP contribution in [0.15, 0.2) is 12.2 Å². The summed E-state index contributed by atoms with van der Waals surface area (Å²) in [6.45, 7) is 6.43. The zero-order chi connectivity index (χ0) is 8.28. The second kappa shape index (κ2) is 1.71. The molecule has 11 heavy (non-hydrogen) atoms. The van der Waals surface area contributed by atoms with E-state index in [9.17, 15) is 5.11 Å². The summed E-state index contributed by atoms with van der Waals surface area (Å²) in [4.78, 5) is 0. The molecule has 62 valence electrons. The van der Waals surface area contributed by atoms with Crippen LogP contribution in [-0.2, 0) is 0 Å². The first-order chi connectivity index (χ1) is 4.94. The van der Waals surface area contributed by atoms with Crippen LogP contribution in [-0.4, -0.2) is 10.7 Å². The lowest BCUT2D eigenvalue weighted by atomic mass is 9.47. The maximum absolute atomic E-state index is 9.93. The van der Waals surface area contributed by atoms with E-state index in [2.05, 4.69) is 19.9 Å². The SMILES string of the molecule is CC1(C)[C@H]2C[C@@H]1C=C[C@]2(C)O. The molecule has 0 aliphatic heterocycles. The van der Waals surface area contributed by atoms with Crippen LogP contribution in [0.2, 0.25) is 0 Å². The minimum atomic E-state index is -0.543. The zero-order valence-corrected chi connectivity index (χ0v) is 7.46. The summed E-state index contributed by atoms with van der Waals surface area (Å²) < 4.78 is 0. The third-order valence-corrected chi connectivity index (χ3v) is 3.71. The van der Waals surface area contributed by atoms with Crippen molar-refractivity contribution >= 4 is 0 Å². The molecule has 0 unspecified atom stereocenters. The van der Waals surface area contributed by atoms with Crippen LogP contribution in [0.5, 0.6) is 0 Å². The second-order valence-corrected chi connectivity index (χ2v) is 4.80. The molecule has 3 atom stereocenters. The molecule has 1 heteroatoms. The Morgan fingerprint density at radius 2 is 2.00 bits per heavy atom. The lowest BCUT2D eigenvalue weighted by molar-refractivity contribution is -0.121. The smallest absolute Gasteiger partial charge is 0.0833 e. The minimum Gasteiger partial charge on any atom is -0.386 e. The third-order valence-electron chi connectivity index (χ3n) is 3.71. The van der Waals surface area contributed by atoms with Crippen molar-refractivity contribution in [2.75, 3.05) is 0 Å². The fourth-order valence-electron chi connectivity index (χ4n) is 2.70. The largest absolute Gasteiger partial charge is 0.386 e. The van der Waals surface area contributed by atoms with Crippen LogP contribution in [0.3, 0.4) is 0 Å². The van der Waals surface area contributed by atoms with Crippen LogP contribution in [0.1, 0.15) is 27.2 Å². The van der Waals surface area contributed by atoms with Crippen molar-refractivity contribution in [1.29, 1.82) is 0 Å². The first-order valence-corrected chi connectivity index (χ1v) is 4.36. The van der Waals surface area contributed by atoms with Crippen LogP contribution >= 0.6 is 0 Å². The van der Waals surface area contributed by atoms with Gasteiger partial charge in [0.05, 0.1) is 5.60 Å². The van der Waals surface area contributed by atoms with E-state index in [0.29, 0.717) is 17.3 Å². The molecule has 1 N–H and O–H groups in total. The molecule has 0 heterocycles. The van der Waals surface area contributed by atoms with E-state index >= 15 is 0 Å². The highest BCUT2D eigenvalue weighted by Crippen LogP contribution is 2.59. The van der Waals surface area contributed by atoms with Crippen molar-refractivity contribution in [3.63, 3.8) is 0 Å². The van der Waals surface area contributed by atoms with Gasteiger partial charge >= 0.3 is 0 Å². The molecular formula is C10H16O. The van der Waals surface area contributed by atoms with Crippen molar-refractivity contribution in [2.24, 2.45) is 17.3 Å². The van der Waals surface area contributed by atoms with E-state index in [0.717, 1.165) is 0 Å². The Kier molecular flexibility index (Phi) is 1.15. The van der Waals surface area contributed by atoms with Gasteiger partial charge in [0.1, 0.15) is 0 Å². The molecule has 3 aliphatic carbocycles. The monoisotopic (exact) mass is 152 g/mol. The Balaban J connectivity index is 2.36. The van der Waals surface area contributed by atoms with E-state index in [1.165, 1.54) is 6.42 Å². The van der Waals surface area contributed by atoms with Gasteiger partial charge in [-0.2, -0.15) is 0 Å². The number of hydrogen-bond donors (Lipinski definition) is 1. The first-order valence-electron chi connectivity index (χ1n) is 4.36. The van der Waals surface area contributed by atoms with Crippen LogP contribution in [0.4, 0.5) is 0 Å². The summed E-state index contributed by atoms with van der Waals surface area (Å²) in [5, 5.41) is 9.93. The molecule has 0 amide bonds. The van der Waals surface area contributed by atoms with Crippen LogP contribution in [0.25, 0.3) is 0 Å². The number of allylic oxidation sites excluding steroid dienone is 1. The Bertz CT molecular complexity index is 213. The van der Waals surface area contributed by atoms with Crippen molar-refractivity contribution in [2.45, 2.75) is 32.8 Å². The van der Waals surface area contributed by atoms with Gasteiger partial charge in [0.25, 0.3) is 0 Å². The normalized spacial score (nSPS) is 52.0. The van der Waals surface area contributed by atoms with E-state index < -0.39 is 5.60 Å². The molecule has 0 aromatic carbocycles. The van der Waals surface area contributed by atoms with Gasteiger partial charge in [-0.15, -0.1) is 0 Å². The highest BCUT2D eigenvalue weighted by molar-refractivity contribution is 5.22. The molecule has 0 aromatic heterocycles. The minimum absolute atomic E-state index is 0.332. The first kappa shape index (κ1) is 7.35. The van der Waals surface area contributed by atoms with Crippen molar-refractivity contribution in [3.05, 3.63) is 12.2 Å². The summed E-state index contributed by atoms with van der Waals surface area (Å²) in [6, 6.07) is 0. The molecule has 3 rings (SSSR count). The van der Waals surface area contributed by atoms with Crippen LogP contribution < -0.4 is 0 Å². The standard InChI is InChI=1S/C10H16O/c1-9(2)7-4-5-10(3,11)8(9)6-7/h4-5,7-8,11H,6H2,1-3H3/t7-,8+,10-/m0/s1. The van der Waals surface area contributed by atoms with Gasteiger partial charge in [-0.25, -0.2) is 0 Å². The van der Waals surface area contributed by atoms with Gasteiger partial charge in [0, 0.05) is 0 Å². The predicted molar refractivity (Wildman–Crippen MR) is 45.1 cm³/mol. The highest BCUT2D eigenvalue weighted by Gasteiger charge is 2.56. The quantitative estimate of drug-likeness (QED) is 0.526. The fourth-order valence-corrected chi connectivity index (χ4v) is 2.70. The molecule has 1 nitrogen and oxygen atoms in total. The zero-order valence-electron chi connectivity index (χ0n) is 7.46. The van der Waals surface area contributed by atoms with Crippen molar-refractivity contribution in [1.82, 2.24) is 0 Å². The summed E-state index contributed by atoms with van der Waals surface area (Å²) in [5.74, 6) is 1.19. The molecule has 0 radical (unpaired) electrons. The van der Waals surface area contributed by atoms with Gasteiger partial charge < -0.3 is 5.11 Å². The Hall–Kier alpha value is -0.300. The Morgan fingerprint density at radius 3 is 2.27 bits per heavy atom. The summed E-state index contributed by atoms with van der Waals surface area (Å²) >= 11 is 0. The summed E-state index contributed by atoms with van der Waals surface area (Å²) in [7, 11) is 0. The van der Waals surface area contributed by atoms with Crippen molar-refractivity contribution in [3.8, 4) is 0 Å². The highest BCUT2D eigenvalue weighted by atomic mass is 16.3. The molecule has 0 spiro atoms. The number of hydrogen-bond acceptors (Lipinski definition) is 1. The lowest BCUT2D eigenvalue weighted by Gasteiger charge is -2.59. The molecule has 0 saturated heterocycles. The molecule has 2 bridgehead atoms. The third kappa shape index (κ3) is 0.750. The van der Waals surface area contributed by atoms with E-state index in [-0.39, 0.29) is 0 Å². The second-order valence-electron chi connectivity index (χ2n) is 4.80. The average molecular weight is 152 g/mol. The fraction of sp³-hybridized carbons (Fsp3) is 0.800. The number of aliphatic hydroxyl groups is 1. The topological polar surface area (TPSA) is 20.2 Å². The van der Waals surface area contributed by atoms with Gasteiger partial charge in [-0.05, 0) is 30.6 Å². The van der Waals surface area contributed by atoms with E-state index in [1.54, 1.807) is 0 Å². The Morgan fingerprint density at radius 1 is 1.36 bits per heavy atom. The predicted octanol–water partition coefficient (Wildman–Crippen LogP) is 1.97. The molecule has 3 aliphatic rings. The van der Waals surface area contributed by atoms with Crippen molar-refractivity contribution < 1.29 is 5.11 Å². The lowest BCUT2D eigenvalue weighted by Crippen LogP contribution is -2.57.